The Labute approximate surface area is 91.4 Å². The molecule has 2 nitrogen and oxygen atoms in total. The van der Waals surface area contributed by atoms with Crippen LogP contribution in [-0.4, -0.2) is 13.7 Å². The number of benzene rings is 1. The fraction of sp³-hybridized carbons (Fsp3) is 0.538. The van der Waals surface area contributed by atoms with Gasteiger partial charge in [-0.1, -0.05) is 23.8 Å². The van der Waals surface area contributed by atoms with E-state index in [0.717, 1.165) is 19.3 Å². The van der Waals surface area contributed by atoms with Crippen molar-refractivity contribution >= 4 is 0 Å². The highest BCUT2D eigenvalue weighted by Gasteiger charge is 2.32. The average molecular weight is 205 g/mol. The van der Waals surface area contributed by atoms with Gasteiger partial charge in [-0.15, -0.1) is 0 Å². The number of ether oxygens (including phenoxy) is 1. The Kier molecular flexibility index (Phi) is 2.81. The zero-order valence-electron chi connectivity index (χ0n) is 9.55. The smallest absolute Gasteiger partial charge is 0.0684 e. The van der Waals surface area contributed by atoms with E-state index in [-0.39, 0.29) is 5.54 Å². The van der Waals surface area contributed by atoms with Gasteiger partial charge in [0, 0.05) is 7.11 Å². The van der Waals surface area contributed by atoms with Crippen LogP contribution in [0.4, 0.5) is 0 Å². The van der Waals surface area contributed by atoms with E-state index in [1.54, 1.807) is 7.11 Å². The normalized spacial score (nSPS) is 25.0. The highest BCUT2D eigenvalue weighted by molar-refractivity contribution is 5.38. The van der Waals surface area contributed by atoms with Crippen LogP contribution in [0.1, 0.15) is 29.5 Å². The first-order valence-electron chi connectivity index (χ1n) is 5.53. The van der Waals surface area contributed by atoms with Gasteiger partial charge >= 0.3 is 0 Å². The molecular formula is C13H19NO. The average Bonchev–Trinajstić information content (AvgIpc) is 2.17. The van der Waals surface area contributed by atoms with E-state index >= 15 is 0 Å². The number of nitrogens with two attached hydrogens (primary N) is 1. The van der Waals surface area contributed by atoms with Crippen LogP contribution < -0.4 is 5.73 Å². The molecule has 2 N–H and O–H groups in total. The van der Waals surface area contributed by atoms with Crippen LogP contribution in [0.15, 0.2) is 18.2 Å². The molecule has 0 bridgehead atoms. The fourth-order valence-electron chi connectivity index (χ4n) is 2.55. The van der Waals surface area contributed by atoms with Crippen molar-refractivity contribution in [2.75, 3.05) is 13.7 Å². The summed E-state index contributed by atoms with van der Waals surface area (Å²) >= 11 is 0. The summed E-state index contributed by atoms with van der Waals surface area (Å²) in [6.45, 7) is 2.74. The molecule has 0 saturated carbocycles. The minimum atomic E-state index is -0.268. The van der Waals surface area contributed by atoms with Crippen LogP contribution in [0.2, 0.25) is 0 Å². The van der Waals surface area contributed by atoms with E-state index in [1.807, 2.05) is 0 Å². The zero-order valence-corrected chi connectivity index (χ0v) is 9.55. The van der Waals surface area contributed by atoms with Crippen molar-refractivity contribution in [1.82, 2.24) is 0 Å². The Bertz CT molecular complexity index is 362. The predicted molar refractivity (Wildman–Crippen MR) is 61.9 cm³/mol. The molecule has 0 amide bonds. The third kappa shape index (κ3) is 1.92. The van der Waals surface area contributed by atoms with Gasteiger partial charge in [0.25, 0.3) is 0 Å². The lowest BCUT2D eigenvalue weighted by Crippen LogP contribution is -2.44. The molecule has 1 aromatic carbocycles. The number of hydrogen-bond donors (Lipinski definition) is 1. The second-order valence-corrected chi connectivity index (χ2v) is 4.60. The third-order valence-electron chi connectivity index (χ3n) is 3.27. The molecule has 0 heterocycles. The Morgan fingerprint density at radius 2 is 2.27 bits per heavy atom. The molecule has 2 rings (SSSR count). The summed E-state index contributed by atoms with van der Waals surface area (Å²) in [6, 6.07) is 6.57. The van der Waals surface area contributed by atoms with E-state index in [4.69, 9.17) is 10.5 Å². The van der Waals surface area contributed by atoms with E-state index in [0.29, 0.717) is 6.61 Å². The molecule has 1 aromatic rings. The first kappa shape index (κ1) is 10.7. The summed E-state index contributed by atoms with van der Waals surface area (Å²) in [7, 11) is 1.72. The van der Waals surface area contributed by atoms with Crippen LogP contribution >= 0.6 is 0 Å². The maximum Gasteiger partial charge on any atom is 0.0684 e. The van der Waals surface area contributed by atoms with Gasteiger partial charge in [-0.2, -0.15) is 0 Å². The van der Waals surface area contributed by atoms with Gasteiger partial charge in [-0.05, 0) is 37.3 Å². The van der Waals surface area contributed by atoms with Gasteiger partial charge in [0.2, 0.25) is 0 Å². The lowest BCUT2D eigenvalue weighted by atomic mass is 9.77. The van der Waals surface area contributed by atoms with E-state index in [1.165, 1.54) is 16.7 Å². The summed E-state index contributed by atoms with van der Waals surface area (Å²) < 4.78 is 5.25. The van der Waals surface area contributed by atoms with E-state index in [9.17, 15) is 0 Å². The molecule has 1 atom stereocenters. The molecule has 0 spiro atoms. The SMILES string of the molecule is COCC1(N)CCCc2cc(C)ccc21. The number of methoxy groups -OCH3 is 1. The molecule has 1 aliphatic carbocycles. The van der Waals surface area contributed by atoms with Crippen molar-refractivity contribution in [3.8, 4) is 0 Å². The molecule has 0 radical (unpaired) electrons. The van der Waals surface area contributed by atoms with Gasteiger partial charge in [0.15, 0.2) is 0 Å². The summed E-state index contributed by atoms with van der Waals surface area (Å²) in [5.74, 6) is 0. The maximum absolute atomic E-state index is 6.41. The molecule has 2 heteroatoms. The Morgan fingerprint density at radius 3 is 3.00 bits per heavy atom. The highest BCUT2D eigenvalue weighted by atomic mass is 16.5. The molecule has 0 aromatic heterocycles. The van der Waals surface area contributed by atoms with Crippen molar-refractivity contribution in [2.45, 2.75) is 31.7 Å². The second-order valence-electron chi connectivity index (χ2n) is 4.60. The molecule has 15 heavy (non-hydrogen) atoms. The Morgan fingerprint density at radius 1 is 1.47 bits per heavy atom. The largest absolute Gasteiger partial charge is 0.382 e. The molecule has 0 fully saturated rings. The molecule has 1 unspecified atom stereocenters. The summed E-state index contributed by atoms with van der Waals surface area (Å²) in [6.07, 6.45) is 3.34. The maximum atomic E-state index is 6.41. The number of fused-ring (bicyclic) bond motifs is 1. The van der Waals surface area contributed by atoms with Crippen LogP contribution in [0.25, 0.3) is 0 Å². The molecular weight excluding hydrogens is 186 g/mol. The van der Waals surface area contributed by atoms with Gasteiger partial charge in [-0.3, -0.25) is 0 Å². The molecule has 0 saturated heterocycles. The summed E-state index contributed by atoms with van der Waals surface area (Å²) in [5.41, 5.74) is 10.1. The predicted octanol–water partition coefficient (Wildman–Crippen LogP) is 2.13. The first-order valence-corrected chi connectivity index (χ1v) is 5.53. The number of aryl methyl sites for hydroxylation is 2. The Balaban J connectivity index is 2.42. The third-order valence-corrected chi connectivity index (χ3v) is 3.27. The lowest BCUT2D eigenvalue weighted by Gasteiger charge is -2.35. The first-order chi connectivity index (χ1) is 7.15. The van der Waals surface area contributed by atoms with Gasteiger partial charge in [-0.25, -0.2) is 0 Å². The van der Waals surface area contributed by atoms with Crippen molar-refractivity contribution < 1.29 is 4.74 Å². The molecule has 1 aliphatic rings. The van der Waals surface area contributed by atoms with E-state index in [2.05, 4.69) is 25.1 Å². The monoisotopic (exact) mass is 205 g/mol. The number of hydrogen-bond acceptors (Lipinski definition) is 2. The van der Waals surface area contributed by atoms with Crippen LogP contribution in [0.3, 0.4) is 0 Å². The second kappa shape index (κ2) is 3.95. The van der Waals surface area contributed by atoms with Gasteiger partial charge < -0.3 is 10.5 Å². The summed E-state index contributed by atoms with van der Waals surface area (Å²) in [5, 5.41) is 0. The van der Waals surface area contributed by atoms with Crippen molar-refractivity contribution in [1.29, 1.82) is 0 Å². The zero-order chi connectivity index (χ0) is 10.9. The number of rotatable bonds is 2. The molecule has 82 valence electrons. The van der Waals surface area contributed by atoms with Crippen molar-refractivity contribution in [3.05, 3.63) is 34.9 Å². The highest BCUT2D eigenvalue weighted by Crippen LogP contribution is 2.33. The quantitative estimate of drug-likeness (QED) is 0.802. The molecule has 0 aliphatic heterocycles. The van der Waals surface area contributed by atoms with Gasteiger partial charge in [0.1, 0.15) is 0 Å². The van der Waals surface area contributed by atoms with Crippen LogP contribution in [0, 0.1) is 6.92 Å². The van der Waals surface area contributed by atoms with Gasteiger partial charge in [0.05, 0.1) is 12.1 Å². The van der Waals surface area contributed by atoms with Crippen LogP contribution in [-0.2, 0) is 16.7 Å². The van der Waals surface area contributed by atoms with E-state index < -0.39 is 0 Å². The Hall–Kier alpha value is -0.860. The lowest BCUT2D eigenvalue weighted by molar-refractivity contribution is 0.121. The summed E-state index contributed by atoms with van der Waals surface area (Å²) in [4.78, 5) is 0. The van der Waals surface area contributed by atoms with Crippen molar-refractivity contribution in [3.63, 3.8) is 0 Å². The van der Waals surface area contributed by atoms with Crippen molar-refractivity contribution in [2.24, 2.45) is 5.73 Å². The topological polar surface area (TPSA) is 35.2 Å². The fourth-order valence-corrected chi connectivity index (χ4v) is 2.55. The van der Waals surface area contributed by atoms with Crippen LogP contribution in [0.5, 0.6) is 0 Å². The standard InChI is InChI=1S/C13H19NO/c1-10-5-6-12-11(8-10)4-3-7-13(12,14)9-15-2/h5-6,8H,3-4,7,9,14H2,1-2H3. The minimum absolute atomic E-state index is 0.268. The minimum Gasteiger partial charge on any atom is -0.382 e.